The van der Waals surface area contributed by atoms with Crippen LogP contribution in [0.1, 0.15) is 44.9 Å². The van der Waals surface area contributed by atoms with Crippen LogP contribution in [0.2, 0.25) is 0 Å². The van der Waals surface area contributed by atoms with Gasteiger partial charge in [0.25, 0.3) is 0 Å². The van der Waals surface area contributed by atoms with Crippen LogP contribution in [0.15, 0.2) is 24.3 Å². The van der Waals surface area contributed by atoms with E-state index in [1.165, 1.54) is 32.1 Å². The summed E-state index contributed by atoms with van der Waals surface area (Å²) < 4.78 is 12.0. The van der Waals surface area contributed by atoms with E-state index < -0.39 is 7.12 Å². The van der Waals surface area contributed by atoms with Gasteiger partial charge in [-0.1, -0.05) is 31.4 Å². The van der Waals surface area contributed by atoms with Crippen molar-refractivity contribution in [3.05, 3.63) is 24.3 Å². The lowest BCUT2D eigenvalue weighted by Gasteiger charge is -2.33. The Kier molecular flexibility index (Phi) is 4.52. The molecule has 1 aliphatic carbocycles. The lowest BCUT2D eigenvalue weighted by molar-refractivity contribution is -0.0748. The van der Waals surface area contributed by atoms with Crippen LogP contribution in [-0.2, 0) is 4.74 Å². The molecule has 3 rings (SSSR count). The summed E-state index contributed by atoms with van der Waals surface area (Å²) in [4.78, 5) is 0. The third-order valence-corrected chi connectivity index (χ3v) is 4.72. The zero-order valence-electron chi connectivity index (χ0n) is 12.3. The molecule has 114 valence electrons. The van der Waals surface area contributed by atoms with Gasteiger partial charge in [-0.3, -0.25) is 0 Å². The van der Waals surface area contributed by atoms with Gasteiger partial charge in [-0.15, -0.1) is 0 Å². The molecule has 1 unspecified atom stereocenters. The van der Waals surface area contributed by atoms with Crippen molar-refractivity contribution in [3.8, 4) is 5.75 Å². The molecule has 5 heteroatoms. The van der Waals surface area contributed by atoms with Gasteiger partial charge in [-0.05, 0) is 43.3 Å². The van der Waals surface area contributed by atoms with E-state index in [1.807, 2.05) is 0 Å². The smallest absolute Gasteiger partial charge is 0.488 e. The maximum atomic E-state index is 9.05. The van der Waals surface area contributed by atoms with E-state index in [0.29, 0.717) is 12.1 Å². The van der Waals surface area contributed by atoms with Gasteiger partial charge in [-0.2, -0.15) is 0 Å². The zero-order valence-corrected chi connectivity index (χ0v) is 12.3. The minimum atomic E-state index is -1.43. The molecule has 1 spiro atoms. The van der Waals surface area contributed by atoms with E-state index in [2.05, 4.69) is 0 Å². The summed E-state index contributed by atoms with van der Waals surface area (Å²) in [5.74, 6) is 0.743. The number of benzene rings is 1. The molecule has 2 N–H and O–H groups in total. The van der Waals surface area contributed by atoms with Crippen molar-refractivity contribution in [3.63, 3.8) is 0 Å². The van der Waals surface area contributed by atoms with Crippen LogP contribution >= 0.6 is 0 Å². The maximum absolute atomic E-state index is 9.05. The standard InChI is InChI=1S/C16H23BO4/c18-17(19)13-4-6-14(7-5-13)20-12-15-8-11-16(21-15)9-2-1-3-10-16/h4-7,15,18-19H,1-3,8-12H2. The third kappa shape index (κ3) is 3.60. The minimum absolute atomic E-state index is 0.136. The number of rotatable bonds is 4. The quantitative estimate of drug-likeness (QED) is 0.827. The molecule has 1 saturated carbocycles. The molecular formula is C16H23BO4. The van der Waals surface area contributed by atoms with Crippen LogP contribution in [0.3, 0.4) is 0 Å². The summed E-state index contributed by atoms with van der Waals surface area (Å²) in [5.41, 5.74) is 0.609. The van der Waals surface area contributed by atoms with Gasteiger partial charge in [-0.25, -0.2) is 0 Å². The molecule has 1 saturated heterocycles. The second-order valence-electron chi connectivity index (χ2n) is 6.28. The molecule has 1 atom stereocenters. The van der Waals surface area contributed by atoms with Crippen molar-refractivity contribution in [2.75, 3.05) is 6.61 Å². The van der Waals surface area contributed by atoms with Gasteiger partial charge in [0.15, 0.2) is 0 Å². The molecule has 1 aromatic rings. The third-order valence-electron chi connectivity index (χ3n) is 4.72. The van der Waals surface area contributed by atoms with Crippen molar-refractivity contribution in [2.24, 2.45) is 0 Å². The zero-order chi connectivity index (χ0) is 14.7. The van der Waals surface area contributed by atoms with E-state index in [-0.39, 0.29) is 11.7 Å². The Morgan fingerprint density at radius 2 is 1.81 bits per heavy atom. The highest BCUT2D eigenvalue weighted by Crippen LogP contribution is 2.41. The van der Waals surface area contributed by atoms with Crippen LogP contribution in [0.5, 0.6) is 5.75 Å². The van der Waals surface area contributed by atoms with Gasteiger partial charge in [0.05, 0.1) is 11.7 Å². The summed E-state index contributed by atoms with van der Waals surface area (Å²) in [6.45, 7) is 0.572. The summed E-state index contributed by atoms with van der Waals surface area (Å²) in [6, 6.07) is 6.86. The molecule has 0 bridgehead atoms. The Morgan fingerprint density at radius 3 is 2.48 bits per heavy atom. The highest BCUT2D eigenvalue weighted by molar-refractivity contribution is 6.58. The molecule has 2 aliphatic rings. The topological polar surface area (TPSA) is 58.9 Å². The molecule has 0 radical (unpaired) electrons. The SMILES string of the molecule is OB(O)c1ccc(OCC2CCC3(CCCCC3)O2)cc1. The molecule has 4 nitrogen and oxygen atoms in total. The fourth-order valence-corrected chi connectivity index (χ4v) is 3.50. The predicted molar refractivity (Wildman–Crippen MR) is 81.7 cm³/mol. The van der Waals surface area contributed by atoms with Crippen LogP contribution in [0.25, 0.3) is 0 Å². The number of hydrogen-bond donors (Lipinski definition) is 2. The summed E-state index contributed by atoms with van der Waals surface area (Å²) in [7, 11) is -1.43. The first-order valence-corrected chi connectivity index (χ1v) is 7.94. The second-order valence-corrected chi connectivity index (χ2v) is 6.28. The Morgan fingerprint density at radius 1 is 1.10 bits per heavy atom. The lowest BCUT2D eigenvalue weighted by Crippen LogP contribution is -2.33. The molecule has 0 aromatic heterocycles. The molecule has 21 heavy (non-hydrogen) atoms. The first kappa shape index (κ1) is 14.9. The Hall–Kier alpha value is -1.04. The normalized spacial score (nSPS) is 24.2. The van der Waals surface area contributed by atoms with Gasteiger partial charge >= 0.3 is 7.12 Å². The predicted octanol–water partition coefficient (Wildman–Crippen LogP) is 1.63. The van der Waals surface area contributed by atoms with E-state index in [4.69, 9.17) is 19.5 Å². The molecule has 2 fully saturated rings. The summed E-state index contributed by atoms with van der Waals surface area (Å²) in [5, 5.41) is 18.1. The van der Waals surface area contributed by atoms with Crippen LogP contribution in [-0.4, -0.2) is 35.5 Å². The molecule has 1 heterocycles. The van der Waals surface area contributed by atoms with Crippen LogP contribution < -0.4 is 10.2 Å². The fourth-order valence-electron chi connectivity index (χ4n) is 3.50. The van der Waals surface area contributed by atoms with E-state index >= 15 is 0 Å². The van der Waals surface area contributed by atoms with Gasteiger partial charge in [0, 0.05) is 0 Å². The lowest BCUT2D eigenvalue weighted by atomic mass is 9.80. The Balaban J connectivity index is 1.49. The van der Waals surface area contributed by atoms with Crippen LogP contribution in [0, 0.1) is 0 Å². The first-order chi connectivity index (χ1) is 10.2. The number of hydrogen-bond acceptors (Lipinski definition) is 4. The molecule has 1 aromatic carbocycles. The van der Waals surface area contributed by atoms with Crippen molar-refractivity contribution >= 4 is 12.6 Å². The minimum Gasteiger partial charge on any atom is -0.491 e. The second kappa shape index (κ2) is 6.38. The largest absolute Gasteiger partial charge is 0.491 e. The first-order valence-electron chi connectivity index (χ1n) is 7.94. The fraction of sp³-hybridized carbons (Fsp3) is 0.625. The Labute approximate surface area is 126 Å². The van der Waals surface area contributed by atoms with Gasteiger partial charge in [0.2, 0.25) is 0 Å². The van der Waals surface area contributed by atoms with Crippen molar-refractivity contribution in [1.29, 1.82) is 0 Å². The van der Waals surface area contributed by atoms with Crippen molar-refractivity contribution < 1.29 is 19.5 Å². The van der Waals surface area contributed by atoms with Gasteiger partial charge < -0.3 is 19.5 Å². The van der Waals surface area contributed by atoms with E-state index in [1.54, 1.807) is 24.3 Å². The Bertz CT molecular complexity index is 454. The summed E-state index contributed by atoms with van der Waals surface area (Å²) in [6.07, 6.45) is 8.75. The average Bonchev–Trinajstić information content (AvgIpc) is 2.89. The van der Waals surface area contributed by atoms with Crippen LogP contribution in [0.4, 0.5) is 0 Å². The van der Waals surface area contributed by atoms with Crippen molar-refractivity contribution in [1.82, 2.24) is 0 Å². The van der Waals surface area contributed by atoms with E-state index in [0.717, 1.165) is 18.6 Å². The molecule has 1 aliphatic heterocycles. The molecule has 0 amide bonds. The average molecular weight is 290 g/mol. The number of ether oxygens (including phenoxy) is 2. The molecular weight excluding hydrogens is 267 g/mol. The van der Waals surface area contributed by atoms with E-state index in [9.17, 15) is 0 Å². The van der Waals surface area contributed by atoms with Crippen molar-refractivity contribution in [2.45, 2.75) is 56.7 Å². The van der Waals surface area contributed by atoms with Gasteiger partial charge in [0.1, 0.15) is 12.4 Å². The highest BCUT2D eigenvalue weighted by Gasteiger charge is 2.40. The summed E-state index contributed by atoms with van der Waals surface area (Å²) >= 11 is 0. The monoisotopic (exact) mass is 290 g/mol. The highest BCUT2D eigenvalue weighted by atomic mass is 16.6. The maximum Gasteiger partial charge on any atom is 0.488 e.